The molecule has 148 valence electrons. The molecule has 0 aliphatic carbocycles. The van der Waals surface area contributed by atoms with Gasteiger partial charge in [-0.2, -0.15) is 8.42 Å². The first kappa shape index (κ1) is 28.1. The molecule has 0 saturated carbocycles. The fraction of sp³-hybridized carbons (Fsp3) is 1.00. The van der Waals surface area contributed by atoms with E-state index in [9.17, 15) is 8.42 Å². The first-order valence-electron chi connectivity index (χ1n) is 9.97. The summed E-state index contributed by atoms with van der Waals surface area (Å²) in [6, 6.07) is 0. The van der Waals surface area contributed by atoms with Crippen LogP contribution in [0.15, 0.2) is 0 Å². The zero-order chi connectivity index (χ0) is 18.1. The van der Waals surface area contributed by atoms with Crippen molar-refractivity contribution in [3.63, 3.8) is 0 Å². The van der Waals surface area contributed by atoms with Crippen molar-refractivity contribution in [2.45, 2.75) is 109 Å². The van der Waals surface area contributed by atoms with Crippen molar-refractivity contribution in [3.8, 4) is 0 Å². The number of hydrogen-bond donors (Lipinski definition) is 1. The molecule has 1 unspecified atom stereocenters. The molecule has 0 spiro atoms. The molecule has 25 heavy (non-hydrogen) atoms. The zero-order valence-corrected chi connectivity index (χ0v) is 16.8. The summed E-state index contributed by atoms with van der Waals surface area (Å²) in [5.41, 5.74) is 0. The Morgan fingerprint density at radius 2 is 1.12 bits per heavy atom. The van der Waals surface area contributed by atoms with Crippen molar-refractivity contribution in [2.75, 3.05) is 12.9 Å². The molecule has 1 atom stereocenters. The van der Waals surface area contributed by atoms with E-state index in [2.05, 4.69) is 6.92 Å². The molecule has 0 bridgehead atoms. The molecular weight excluding hydrogens is 347 g/mol. The zero-order valence-electron chi connectivity index (χ0n) is 16.0. The molecule has 0 aromatic heterocycles. The quantitative estimate of drug-likeness (QED) is 0.201. The van der Waals surface area contributed by atoms with Crippen LogP contribution in [-0.2, 0) is 14.9 Å². The van der Waals surface area contributed by atoms with E-state index in [0.29, 0.717) is 6.42 Å². The van der Waals surface area contributed by atoms with E-state index in [1.807, 2.05) is 0 Å². The Morgan fingerprint density at radius 3 is 1.44 bits per heavy atom. The van der Waals surface area contributed by atoms with Gasteiger partial charge in [0.05, 0.1) is 6.10 Å². The third-order valence-electron chi connectivity index (χ3n) is 4.61. The number of rotatable bonds is 18. The van der Waals surface area contributed by atoms with Crippen molar-refractivity contribution in [3.05, 3.63) is 0 Å². The normalized spacial score (nSPS) is 12.8. The second kappa shape index (κ2) is 19.6. The fourth-order valence-electron chi connectivity index (χ4n) is 3.07. The van der Waals surface area contributed by atoms with Crippen LogP contribution in [0.25, 0.3) is 0 Å². The van der Waals surface area contributed by atoms with Gasteiger partial charge in [0, 0.05) is 7.11 Å². The Morgan fingerprint density at radius 1 is 0.760 bits per heavy atom. The van der Waals surface area contributed by atoms with Crippen LogP contribution in [0.1, 0.15) is 103 Å². The summed E-state index contributed by atoms with van der Waals surface area (Å²) in [7, 11) is -2.43. The first-order valence-corrected chi connectivity index (χ1v) is 11.6. The number of methoxy groups -OCH3 is 1. The van der Waals surface area contributed by atoms with Crippen molar-refractivity contribution < 1.29 is 17.7 Å². The van der Waals surface area contributed by atoms with Crippen molar-refractivity contribution in [1.82, 2.24) is 0 Å². The average molecular weight is 389 g/mol. The van der Waals surface area contributed by atoms with Gasteiger partial charge in [0.1, 0.15) is 5.75 Å². The van der Waals surface area contributed by atoms with E-state index in [1.54, 1.807) is 0 Å². The molecule has 4 nitrogen and oxygen atoms in total. The number of ether oxygens (including phenoxy) is 1. The summed E-state index contributed by atoms with van der Waals surface area (Å²) in [6.07, 6.45) is 18.6. The Labute approximate surface area is 178 Å². The molecule has 0 amide bonds. The third-order valence-corrected chi connectivity index (χ3v) is 5.40. The van der Waals surface area contributed by atoms with E-state index in [1.165, 1.54) is 84.2 Å². The molecule has 0 aromatic carbocycles. The maximum atomic E-state index is 10.8. The molecule has 0 aliphatic heterocycles. The van der Waals surface area contributed by atoms with Crippen LogP contribution in [0, 0.1) is 0 Å². The van der Waals surface area contributed by atoms with E-state index >= 15 is 0 Å². The number of hydrogen-bond acceptors (Lipinski definition) is 3. The molecule has 1 N–H and O–H groups in total. The van der Waals surface area contributed by atoms with Gasteiger partial charge in [0.15, 0.2) is 0 Å². The molecular formula is C19H41NaO4S. The van der Waals surface area contributed by atoms with Crippen LogP contribution in [0.5, 0.6) is 0 Å². The molecule has 0 rings (SSSR count). The summed E-state index contributed by atoms with van der Waals surface area (Å²) in [6.45, 7) is 2.26. The molecule has 0 heterocycles. The molecule has 0 saturated heterocycles. The van der Waals surface area contributed by atoms with E-state index in [0.717, 1.165) is 12.8 Å². The van der Waals surface area contributed by atoms with Crippen LogP contribution >= 0.6 is 0 Å². The third kappa shape index (κ3) is 22.8. The summed E-state index contributed by atoms with van der Waals surface area (Å²) in [4.78, 5) is 0. The van der Waals surface area contributed by atoms with Gasteiger partial charge in [0.2, 0.25) is 0 Å². The van der Waals surface area contributed by atoms with Crippen molar-refractivity contribution in [2.24, 2.45) is 0 Å². The Hall–Kier alpha value is 0.870. The predicted octanol–water partition coefficient (Wildman–Crippen LogP) is 5.11. The average Bonchev–Trinajstić information content (AvgIpc) is 2.53. The van der Waals surface area contributed by atoms with Crippen molar-refractivity contribution >= 4 is 39.7 Å². The predicted molar refractivity (Wildman–Crippen MR) is 109 cm³/mol. The van der Waals surface area contributed by atoms with Gasteiger partial charge in [0.25, 0.3) is 10.1 Å². The minimum absolute atomic E-state index is 0. The molecule has 0 radical (unpaired) electrons. The summed E-state index contributed by atoms with van der Waals surface area (Å²) < 4.78 is 35.6. The Balaban J connectivity index is 0. The second-order valence-electron chi connectivity index (χ2n) is 6.99. The molecule has 0 aromatic rings. The van der Waals surface area contributed by atoms with Gasteiger partial charge in [-0.1, -0.05) is 96.8 Å². The first-order chi connectivity index (χ1) is 11.5. The molecule has 6 heteroatoms. The van der Waals surface area contributed by atoms with Crippen LogP contribution in [0.2, 0.25) is 0 Å². The van der Waals surface area contributed by atoms with E-state index in [-0.39, 0.29) is 41.4 Å². The minimum atomic E-state index is -3.93. The van der Waals surface area contributed by atoms with Crippen molar-refractivity contribution in [1.29, 1.82) is 0 Å². The summed E-state index contributed by atoms with van der Waals surface area (Å²) in [5, 5.41) is 0. The van der Waals surface area contributed by atoms with Crippen LogP contribution in [0.3, 0.4) is 0 Å². The molecule has 0 fully saturated rings. The summed E-state index contributed by atoms with van der Waals surface area (Å²) >= 11 is 0. The van der Waals surface area contributed by atoms with Gasteiger partial charge in [-0.25, -0.2) is 0 Å². The SMILES string of the molecule is CCCCCCCCCCCCCCCCC(CS(=O)(=O)O)OC.[NaH]. The second-order valence-corrected chi connectivity index (χ2v) is 8.49. The van der Waals surface area contributed by atoms with Gasteiger partial charge >= 0.3 is 29.6 Å². The van der Waals surface area contributed by atoms with Crippen LogP contribution < -0.4 is 0 Å². The number of unbranched alkanes of at least 4 members (excludes halogenated alkanes) is 13. The van der Waals surface area contributed by atoms with Gasteiger partial charge in [-0.05, 0) is 6.42 Å². The topological polar surface area (TPSA) is 63.6 Å². The fourth-order valence-corrected chi connectivity index (χ4v) is 3.84. The van der Waals surface area contributed by atoms with E-state index < -0.39 is 10.1 Å². The van der Waals surface area contributed by atoms with E-state index in [4.69, 9.17) is 9.29 Å². The Kier molecular flexibility index (Phi) is 22.0. The van der Waals surface area contributed by atoms with Gasteiger partial charge in [-0.15, -0.1) is 0 Å². The van der Waals surface area contributed by atoms with Gasteiger partial charge in [-0.3, -0.25) is 4.55 Å². The van der Waals surface area contributed by atoms with Gasteiger partial charge < -0.3 is 4.74 Å². The monoisotopic (exact) mass is 388 g/mol. The standard InChI is InChI=1S/C19H40O4S.Na.H/c1-3-4-5-6-7-8-9-10-11-12-13-14-15-16-17-19(23-2)18-24(20,21)22;;/h19H,3-18H2,1-2H3,(H,20,21,22);;. The molecule has 0 aliphatic rings. The van der Waals surface area contributed by atoms with Crippen LogP contribution in [0.4, 0.5) is 0 Å². The maximum absolute atomic E-state index is 10.8. The Bertz CT molecular complexity index is 360. The summed E-state index contributed by atoms with van der Waals surface area (Å²) in [5.74, 6) is -0.290. The van der Waals surface area contributed by atoms with Crippen LogP contribution in [-0.4, -0.2) is 61.5 Å².